The number of hydrogen-bond donors (Lipinski definition) is 0. The van der Waals surface area contributed by atoms with Gasteiger partial charge < -0.3 is 24.0 Å². The fraction of sp³-hybridized carbons (Fsp3) is 0.566. The van der Waals surface area contributed by atoms with E-state index in [1.165, 1.54) is 17.2 Å². The molecule has 0 spiro atoms. The Hall–Kier alpha value is -4.99. The molecule has 0 heterocycles. The van der Waals surface area contributed by atoms with Crippen molar-refractivity contribution < 1.29 is 38.2 Å². The van der Waals surface area contributed by atoms with Gasteiger partial charge in [-0.15, -0.1) is 0 Å². The molecule has 0 radical (unpaired) electrons. The summed E-state index contributed by atoms with van der Waals surface area (Å²) in [4.78, 5) is 58.2. The van der Waals surface area contributed by atoms with Gasteiger partial charge in [0.15, 0.2) is 0 Å². The van der Waals surface area contributed by atoms with Crippen molar-refractivity contribution in [2.75, 3.05) is 14.1 Å². The van der Waals surface area contributed by atoms with E-state index in [-0.39, 0.29) is 46.2 Å². The lowest BCUT2D eigenvalue weighted by Crippen LogP contribution is -2.43. The molecule has 0 aliphatic rings. The van der Waals surface area contributed by atoms with Gasteiger partial charge in [0, 0.05) is 42.4 Å². The van der Waals surface area contributed by atoms with Crippen molar-refractivity contribution in [1.82, 2.24) is 9.80 Å². The molecule has 0 saturated heterocycles. The molecule has 1 rings (SSSR count). The molecule has 2 amide bonds. The average molecular weight is 883 g/mol. The molecule has 360 valence electrons. The number of rotatable bonds is 8. The fourth-order valence-corrected chi connectivity index (χ4v) is 3.37. The van der Waals surface area contributed by atoms with Crippen LogP contribution in [0.25, 0.3) is 6.08 Å². The molecule has 1 aromatic rings. The minimum atomic E-state index is -0.422. The summed E-state index contributed by atoms with van der Waals surface area (Å²) in [6.45, 7) is 59.7. The van der Waals surface area contributed by atoms with Crippen molar-refractivity contribution in [2.45, 2.75) is 179 Å². The lowest BCUT2D eigenvalue weighted by Gasteiger charge is -2.32. The first-order valence-electron chi connectivity index (χ1n) is 21.2. The lowest BCUT2D eigenvalue weighted by molar-refractivity contribution is -0.150. The van der Waals surface area contributed by atoms with Crippen molar-refractivity contribution in [2.24, 2.45) is 5.41 Å². The van der Waals surface area contributed by atoms with E-state index in [4.69, 9.17) is 9.47 Å². The summed E-state index contributed by atoms with van der Waals surface area (Å²) < 4.78 is 14.4. The zero-order chi connectivity index (χ0) is 51.5. The van der Waals surface area contributed by atoms with E-state index in [9.17, 15) is 24.0 Å². The van der Waals surface area contributed by atoms with Crippen LogP contribution in [0.3, 0.4) is 0 Å². The monoisotopic (exact) mass is 883 g/mol. The molecular formula is C53H90N2O8. The van der Waals surface area contributed by atoms with Crippen LogP contribution in [0.4, 0.5) is 0 Å². The summed E-state index contributed by atoms with van der Waals surface area (Å²) in [5, 5.41) is 0. The zero-order valence-corrected chi connectivity index (χ0v) is 43.9. The van der Waals surface area contributed by atoms with Gasteiger partial charge in [0.2, 0.25) is 11.8 Å². The number of benzene rings is 1. The van der Waals surface area contributed by atoms with Crippen LogP contribution in [-0.2, 0) is 43.6 Å². The van der Waals surface area contributed by atoms with Crippen molar-refractivity contribution in [1.29, 1.82) is 0 Å². The normalized spacial score (nSPS) is 10.9. The topological polar surface area (TPSA) is 120 Å². The second-order valence-corrected chi connectivity index (χ2v) is 20.4. The molecule has 63 heavy (non-hydrogen) atoms. The van der Waals surface area contributed by atoms with Gasteiger partial charge in [0.25, 0.3) is 0 Å². The Bertz CT molecular complexity index is 1620. The van der Waals surface area contributed by atoms with Gasteiger partial charge in [0.1, 0.15) is 11.2 Å². The number of nitrogens with zero attached hydrogens (tertiary/aromatic N) is 2. The highest BCUT2D eigenvalue weighted by atomic mass is 16.6. The van der Waals surface area contributed by atoms with E-state index < -0.39 is 16.6 Å². The van der Waals surface area contributed by atoms with E-state index in [1.54, 1.807) is 37.6 Å². The largest absolute Gasteiger partial charge is 0.457 e. The van der Waals surface area contributed by atoms with Crippen molar-refractivity contribution in [3.8, 4) is 0 Å². The van der Waals surface area contributed by atoms with Gasteiger partial charge in [0.05, 0.1) is 11.7 Å². The number of hydrogen-bond acceptors (Lipinski definition) is 8. The molecule has 0 aliphatic heterocycles. The molecule has 0 bridgehead atoms. The third-order valence-electron chi connectivity index (χ3n) is 8.05. The van der Waals surface area contributed by atoms with Crippen LogP contribution >= 0.6 is 0 Å². The molecule has 0 fully saturated rings. The average Bonchev–Trinajstić information content (AvgIpc) is 3.14. The van der Waals surface area contributed by atoms with Crippen molar-refractivity contribution in [3.05, 3.63) is 104 Å². The summed E-state index contributed by atoms with van der Waals surface area (Å²) in [7, 11) is 3.58. The molecule has 1 aromatic carbocycles. The molecule has 0 N–H and O–H groups in total. The fourth-order valence-electron chi connectivity index (χ4n) is 3.37. The Balaban J connectivity index is -0.000000214. The van der Waals surface area contributed by atoms with E-state index in [0.29, 0.717) is 17.6 Å². The van der Waals surface area contributed by atoms with Gasteiger partial charge in [-0.2, -0.15) is 0 Å². The minimum absolute atomic E-state index is 0.0347. The Morgan fingerprint density at radius 1 is 0.587 bits per heavy atom. The zero-order valence-electron chi connectivity index (χ0n) is 43.9. The number of carbonyl (C=O) groups is 5. The van der Waals surface area contributed by atoms with Crippen LogP contribution in [0.15, 0.2) is 93.3 Å². The van der Waals surface area contributed by atoms with Gasteiger partial charge >= 0.3 is 17.9 Å². The number of ether oxygens (including phenoxy) is 3. The van der Waals surface area contributed by atoms with Crippen LogP contribution in [0.5, 0.6) is 0 Å². The molecule has 0 aromatic heterocycles. The van der Waals surface area contributed by atoms with Crippen LogP contribution in [0, 0.1) is 5.41 Å². The molecule has 10 nitrogen and oxygen atoms in total. The van der Waals surface area contributed by atoms with E-state index in [1.807, 2.05) is 110 Å². The molecule has 0 aliphatic carbocycles. The molecule has 0 unspecified atom stereocenters. The predicted octanol–water partition coefficient (Wildman–Crippen LogP) is 12.8. The highest BCUT2D eigenvalue weighted by molar-refractivity contribution is 5.93. The third-order valence-corrected chi connectivity index (χ3v) is 8.05. The lowest BCUT2D eigenvalue weighted by atomic mass is 9.87. The van der Waals surface area contributed by atoms with Crippen molar-refractivity contribution >= 4 is 35.8 Å². The summed E-state index contributed by atoms with van der Waals surface area (Å²) in [6.07, 6.45) is 6.87. The third kappa shape index (κ3) is 37.3. The first-order chi connectivity index (χ1) is 28.0. The van der Waals surface area contributed by atoms with E-state index >= 15 is 0 Å². The highest BCUT2D eigenvalue weighted by Gasteiger charge is 2.24. The molecule has 0 atom stereocenters. The van der Waals surface area contributed by atoms with Crippen LogP contribution in [-0.4, -0.2) is 75.9 Å². The molecule has 0 saturated carbocycles. The van der Waals surface area contributed by atoms with Gasteiger partial charge in [-0.1, -0.05) is 104 Å². The maximum Gasteiger partial charge on any atom is 0.333 e. The Morgan fingerprint density at radius 2 is 0.984 bits per heavy atom. The maximum atomic E-state index is 11.5. The second-order valence-electron chi connectivity index (χ2n) is 20.4. The summed E-state index contributed by atoms with van der Waals surface area (Å²) in [5.41, 5.74) is 2.55. The Labute approximate surface area is 385 Å². The number of likely N-dealkylation sites (N-methyl/N-ethyl adjacent to an activating group) is 2. The Morgan fingerprint density at radius 3 is 1.19 bits per heavy atom. The SMILES string of the molecule is C=C(CC)C(=O)N(C)C(C)(C)C.C=C(CC)C(=O)OC(C)(C)C.C=CC(=O)N(C)C(C)(C)C.C=CC(=O)OC(C)(C)C.C=COC(=O)C(C)(C)C.C=Cc1ccc(C(C)(C)C)cc1. The summed E-state index contributed by atoms with van der Waals surface area (Å²) in [6, 6.07) is 8.54. The van der Waals surface area contributed by atoms with Crippen molar-refractivity contribution in [3.63, 3.8) is 0 Å². The second kappa shape index (κ2) is 30.2. The van der Waals surface area contributed by atoms with Crippen LogP contribution < -0.4 is 0 Å². The van der Waals surface area contributed by atoms with Gasteiger partial charge in [-0.3, -0.25) is 14.4 Å². The number of amides is 2. The summed E-state index contributed by atoms with van der Waals surface area (Å²) in [5.74, 6) is -0.905. The van der Waals surface area contributed by atoms with E-state index in [2.05, 4.69) is 89.2 Å². The maximum absolute atomic E-state index is 11.5. The predicted molar refractivity (Wildman–Crippen MR) is 267 cm³/mol. The van der Waals surface area contributed by atoms with Crippen LogP contribution in [0.2, 0.25) is 0 Å². The molecular weight excluding hydrogens is 793 g/mol. The minimum Gasteiger partial charge on any atom is -0.457 e. The van der Waals surface area contributed by atoms with Gasteiger partial charge in [-0.05, 0) is 139 Å². The molecule has 10 heteroatoms. The summed E-state index contributed by atoms with van der Waals surface area (Å²) >= 11 is 0. The number of esters is 3. The highest BCUT2D eigenvalue weighted by Crippen LogP contribution is 2.22. The number of carbonyl (C=O) groups excluding carboxylic acids is 5. The van der Waals surface area contributed by atoms with E-state index in [0.717, 1.165) is 18.8 Å². The van der Waals surface area contributed by atoms with Gasteiger partial charge in [-0.25, -0.2) is 9.59 Å². The standard InChI is InChI=1S/C12H16.C10H19NO.C9H16O2.C8H15NO.2C7H12O2/c1-5-10-6-8-11(9-7-10)12(2,3)4;1-7-8(2)9(12)11(6)10(3,4)5;1-6-7(2)8(10)11-9(3,4)5;1-6-7(10)9(5)8(2,3)4;1-5-9-6(8)7(2,3)4;1-5-6(8)9-7(2,3)4/h5-9H,1H2,2-4H3;2,7H2,1,3-6H3;2,6H2,1,3-5H3;6H,1H2,2-5H3;2*5H,1H2,2-4H3. The Kier molecular flexibility index (Phi) is 32.1. The quantitative estimate of drug-likeness (QED) is 0.110. The first-order valence-corrected chi connectivity index (χ1v) is 21.2. The first kappa shape index (κ1) is 67.1. The smallest absolute Gasteiger partial charge is 0.333 e. The van der Waals surface area contributed by atoms with Crippen LogP contribution in [0.1, 0.15) is 162 Å².